The standard InChI is InChI=1S/C15H18ClN3O2/c1-10(20-12-6-4-5-11(16)9-12)13-18-14(19-21-13)15(17)7-2-3-8-15/h4-6,9-10H,2-3,7-8,17H2,1H3. The van der Waals surface area contributed by atoms with Crippen LogP contribution in [-0.4, -0.2) is 10.1 Å². The van der Waals surface area contributed by atoms with Crippen LogP contribution in [0.1, 0.15) is 50.4 Å². The van der Waals surface area contributed by atoms with Gasteiger partial charge in [0.2, 0.25) is 0 Å². The highest BCUT2D eigenvalue weighted by atomic mass is 35.5. The maximum absolute atomic E-state index is 6.32. The molecule has 0 aliphatic heterocycles. The van der Waals surface area contributed by atoms with Crippen LogP contribution < -0.4 is 10.5 Å². The lowest BCUT2D eigenvalue weighted by molar-refractivity contribution is 0.175. The summed E-state index contributed by atoms with van der Waals surface area (Å²) in [7, 11) is 0. The van der Waals surface area contributed by atoms with E-state index >= 15 is 0 Å². The number of nitrogens with zero attached hydrogens (tertiary/aromatic N) is 2. The van der Waals surface area contributed by atoms with E-state index in [1.807, 2.05) is 19.1 Å². The van der Waals surface area contributed by atoms with Crippen molar-refractivity contribution in [2.45, 2.75) is 44.2 Å². The molecule has 1 unspecified atom stereocenters. The molecule has 6 heteroatoms. The van der Waals surface area contributed by atoms with Crippen LogP contribution in [0.15, 0.2) is 28.8 Å². The number of benzene rings is 1. The Balaban J connectivity index is 1.73. The molecule has 1 heterocycles. The summed E-state index contributed by atoms with van der Waals surface area (Å²) in [5.41, 5.74) is 5.88. The van der Waals surface area contributed by atoms with Crippen LogP contribution in [0.2, 0.25) is 5.02 Å². The van der Waals surface area contributed by atoms with Crippen molar-refractivity contribution in [1.29, 1.82) is 0 Å². The minimum Gasteiger partial charge on any atom is -0.481 e. The van der Waals surface area contributed by atoms with Crippen molar-refractivity contribution in [3.05, 3.63) is 41.0 Å². The zero-order valence-corrected chi connectivity index (χ0v) is 12.6. The van der Waals surface area contributed by atoms with E-state index in [1.165, 1.54) is 0 Å². The first-order chi connectivity index (χ1) is 10.1. The van der Waals surface area contributed by atoms with Crippen molar-refractivity contribution in [3.8, 4) is 5.75 Å². The van der Waals surface area contributed by atoms with Crippen molar-refractivity contribution < 1.29 is 9.26 Å². The van der Waals surface area contributed by atoms with Gasteiger partial charge in [0.05, 0.1) is 5.54 Å². The number of hydrogen-bond donors (Lipinski definition) is 1. The summed E-state index contributed by atoms with van der Waals surface area (Å²) in [6.45, 7) is 1.86. The molecular formula is C15H18ClN3O2. The Hall–Kier alpha value is -1.59. The van der Waals surface area contributed by atoms with Crippen molar-refractivity contribution >= 4 is 11.6 Å². The average molecular weight is 308 g/mol. The Morgan fingerprint density at radius 1 is 1.38 bits per heavy atom. The highest BCUT2D eigenvalue weighted by Crippen LogP contribution is 2.35. The first-order valence-corrected chi connectivity index (χ1v) is 7.50. The smallest absolute Gasteiger partial charge is 0.267 e. The van der Waals surface area contributed by atoms with Gasteiger partial charge in [0.15, 0.2) is 11.9 Å². The summed E-state index contributed by atoms with van der Waals surface area (Å²) >= 11 is 5.93. The van der Waals surface area contributed by atoms with Crippen LogP contribution in [0.3, 0.4) is 0 Å². The summed E-state index contributed by atoms with van der Waals surface area (Å²) in [6.07, 6.45) is 3.66. The number of nitrogens with two attached hydrogens (primary N) is 1. The molecule has 112 valence electrons. The van der Waals surface area contributed by atoms with Crippen molar-refractivity contribution in [3.63, 3.8) is 0 Å². The molecular weight excluding hydrogens is 290 g/mol. The molecule has 1 saturated carbocycles. The highest BCUT2D eigenvalue weighted by molar-refractivity contribution is 6.30. The van der Waals surface area contributed by atoms with E-state index in [0.29, 0.717) is 22.5 Å². The molecule has 0 bridgehead atoms. The molecule has 2 aromatic rings. The van der Waals surface area contributed by atoms with Gasteiger partial charge in [0, 0.05) is 5.02 Å². The lowest BCUT2D eigenvalue weighted by Crippen LogP contribution is -2.34. The molecule has 0 amide bonds. The van der Waals surface area contributed by atoms with Crippen molar-refractivity contribution in [2.75, 3.05) is 0 Å². The van der Waals surface area contributed by atoms with E-state index in [1.54, 1.807) is 12.1 Å². The van der Waals surface area contributed by atoms with Gasteiger partial charge < -0.3 is 15.0 Å². The molecule has 1 atom stereocenters. The number of ether oxygens (including phenoxy) is 1. The monoisotopic (exact) mass is 307 g/mol. The molecule has 1 aromatic carbocycles. The molecule has 0 spiro atoms. The number of rotatable bonds is 4. The molecule has 1 aromatic heterocycles. The quantitative estimate of drug-likeness (QED) is 0.934. The van der Waals surface area contributed by atoms with E-state index in [2.05, 4.69) is 10.1 Å². The summed E-state index contributed by atoms with van der Waals surface area (Å²) in [6, 6.07) is 7.21. The fraction of sp³-hybridized carbons (Fsp3) is 0.467. The van der Waals surface area contributed by atoms with Gasteiger partial charge in [0.25, 0.3) is 5.89 Å². The van der Waals surface area contributed by atoms with Gasteiger partial charge in [-0.15, -0.1) is 0 Å². The Morgan fingerprint density at radius 3 is 2.86 bits per heavy atom. The van der Waals surface area contributed by atoms with E-state index in [-0.39, 0.29) is 6.10 Å². The van der Waals surface area contributed by atoms with Crippen LogP contribution in [0.25, 0.3) is 0 Å². The predicted molar refractivity (Wildman–Crippen MR) is 79.1 cm³/mol. The Labute approximate surface area is 128 Å². The van der Waals surface area contributed by atoms with Crippen LogP contribution in [0.5, 0.6) is 5.75 Å². The van der Waals surface area contributed by atoms with Gasteiger partial charge in [-0.25, -0.2) is 0 Å². The minimum absolute atomic E-state index is 0.352. The number of hydrogen-bond acceptors (Lipinski definition) is 5. The lowest BCUT2D eigenvalue weighted by atomic mass is 9.99. The van der Waals surface area contributed by atoms with Gasteiger partial charge in [-0.3, -0.25) is 0 Å². The van der Waals surface area contributed by atoms with E-state index in [9.17, 15) is 0 Å². The molecule has 21 heavy (non-hydrogen) atoms. The molecule has 3 rings (SSSR count). The summed E-state index contributed by atoms with van der Waals surface area (Å²) in [5.74, 6) is 1.68. The molecule has 1 aliphatic carbocycles. The molecule has 0 saturated heterocycles. The van der Waals surface area contributed by atoms with Gasteiger partial charge in [-0.05, 0) is 38.0 Å². The highest BCUT2D eigenvalue weighted by Gasteiger charge is 2.36. The number of halogens is 1. The average Bonchev–Trinajstić information content (AvgIpc) is 3.08. The second-order valence-electron chi connectivity index (χ2n) is 5.54. The zero-order valence-electron chi connectivity index (χ0n) is 11.9. The lowest BCUT2D eigenvalue weighted by Gasteiger charge is -2.17. The summed E-state index contributed by atoms with van der Waals surface area (Å²) < 4.78 is 11.1. The number of aromatic nitrogens is 2. The van der Waals surface area contributed by atoms with E-state index in [4.69, 9.17) is 26.6 Å². The SMILES string of the molecule is CC(Oc1cccc(Cl)c1)c1nc(C2(N)CCCC2)no1. The Bertz CT molecular complexity index is 623. The second kappa shape index (κ2) is 5.66. The van der Waals surface area contributed by atoms with Crippen molar-refractivity contribution in [1.82, 2.24) is 10.1 Å². The molecule has 5 nitrogen and oxygen atoms in total. The van der Waals surface area contributed by atoms with Gasteiger partial charge in [-0.1, -0.05) is 35.7 Å². The van der Waals surface area contributed by atoms with Crippen LogP contribution in [0, 0.1) is 0 Å². The normalized spacial score (nSPS) is 18.6. The first kappa shape index (κ1) is 14.4. The molecule has 1 aliphatic rings. The maximum Gasteiger partial charge on any atom is 0.267 e. The third kappa shape index (κ3) is 3.04. The van der Waals surface area contributed by atoms with Gasteiger partial charge >= 0.3 is 0 Å². The fourth-order valence-corrected chi connectivity index (χ4v) is 2.81. The molecule has 0 radical (unpaired) electrons. The zero-order chi connectivity index (χ0) is 14.9. The summed E-state index contributed by atoms with van der Waals surface area (Å²) in [4.78, 5) is 4.42. The summed E-state index contributed by atoms with van der Waals surface area (Å²) in [5, 5.41) is 4.66. The Kier molecular flexibility index (Phi) is 3.87. The third-order valence-electron chi connectivity index (χ3n) is 3.84. The minimum atomic E-state index is -0.447. The van der Waals surface area contributed by atoms with Crippen LogP contribution >= 0.6 is 11.6 Å². The predicted octanol–water partition coefficient (Wildman–Crippen LogP) is 3.59. The third-order valence-corrected chi connectivity index (χ3v) is 4.07. The van der Waals surface area contributed by atoms with E-state index in [0.717, 1.165) is 25.7 Å². The Morgan fingerprint density at radius 2 is 2.14 bits per heavy atom. The van der Waals surface area contributed by atoms with E-state index < -0.39 is 5.54 Å². The van der Waals surface area contributed by atoms with Gasteiger partial charge in [0.1, 0.15) is 5.75 Å². The maximum atomic E-state index is 6.32. The topological polar surface area (TPSA) is 74.2 Å². The van der Waals surface area contributed by atoms with Gasteiger partial charge in [-0.2, -0.15) is 4.98 Å². The van der Waals surface area contributed by atoms with Crippen LogP contribution in [0.4, 0.5) is 0 Å². The van der Waals surface area contributed by atoms with Crippen LogP contribution in [-0.2, 0) is 5.54 Å². The first-order valence-electron chi connectivity index (χ1n) is 7.12. The molecule has 1 fully saturated rings. The largest absolute Gasteiger partial charge is 0.481 e. The second-order valence-corrected chi connectivity index (χ2v) is 5.97. The van der Waals surface area contributed by atoms with Crippen molar-refractivity contribution in [2.24, 2.45) is 5.73 Å². The fourth-order valence-electron chi connectivity index (χ4n) is 2.63. The molecule has 2 N–H and O–H groups in total.